The van der Waals surface area contributed by atoms with Crippen LogP contribution in [-0.4, -0.2) is 51.1 Å². The van der Waals surface area contributed by atoms with Crippen LogP contribution in [0, 0.1) is 0 Å². The van der Waals surface area contributed by atoms with E-state index < -0.39 is 30.7 Å². The van der Waals surface area contributed by atoms with Crippen molar-refractivity contribution in [3.63, 3.8) is 0 Å². The van der Waals surface area contributed by atoms with Gasteiger partial charge >= 0.3 is 0 Å². The van der Waals surface area contributed by atoms with Crippen molar-refractivity contribution in [3.05, 3.63) is 0 Å². The standard InChI is InChI=1S/C16H32O5/c1-2-3-4-5-6-7-8-9-10-11-12-13(17)14(18)15(19)16(20)21-12/h12-20H,2-11H2,1H3/t12-,13+,14+,15-,16+/m0/s1. The molecule has 5 nitrogen and oxygen atoms in total. The van der Waals surface area contributed by atoms with Crippen LogP contribution in [0.5, 0.6) is 0 Å². The summed E-state index contributed by atoms with van der Waals surface area (Å²) in [6.45, 7) is 2.22. The molecule has 0 saturated carbocycles. The Morgan fingerprint density at radius 1 is 0.667 bits per heavy atom. The molecule has 21 heavy (non-hydrogen) atoms. The molecule has 126 valence electrons. The van der Waals surface area contributed by atoms with E-state index in [9.17, 15) is 20.4 Å². The first kappa shape index (κ1) is 18.8. The van der Waals surface area contributed by atoms with Crippen molar-refractivity contribution in [1.29, 1.82) is 0 Å². The van der Waals surface area contributed by atoms with E-state index in [1.165, 1.54) is 44.9 Å². The van der Waals surface area contributed by atoms with E-state index in [0.717, 1.165) is 12.8 Å². The SMILES string of the molecule is CCCCCCCCCCC[C@@H]1O[C@@H](O)[C@@H](O)[C@H](O)[C@@H]1O. The second-order valence-corrected chi connectivity index (χ2v) is 6.15. The van der Waals surface area contributed by atoms with Crippen LogP contribution in [0.3, 0.4) is 0 Å². The van der Waals surface area contributed by atoms with Crippen LogP contribution >= 0.6 is 0 Å². The van der Waals surface area contributed by atoms with Crippen molar-refractivity contribution in [2.24, 2.45) is 0 Å². The highest BCUT2D eigenvalue weighted by Crippen LogP contribution is 2.23. The van der Waals surface area contributed by atoms with Crippen LogP contribution < -0.4 is 0 Å². The minimum absolute atomic E-state index is 0.594. The first-order valence-electron chi connectivity index (χ1n) is 8.45. The summed E-state index contributed by atoms with van der Waals surface area (Å²) in [6.07, 6.45) is 5.59. The summed E-state index contributed by atoms with van der Waals surface area (Å²) >= 11 is 0. The molecule has 0 aromatic rings. The summed E-state index contributed by atoms with van der Waals surface area (Å²) in [7, 11) is 0. The molecular formula is C16H32O5. The zero-order valence-corrected chi connectivity index (χ0v) is 13.2. The van der Waals surface area contributed by atoms with E-state index in [4.69, 9.17) is 4.74 Å². The molecule has 0 unspecified atom stereocenters. The number of hydrogen-bond acceptors (Lipinski definition) is 5. The van der Waals surface area contributed by atoms with Crippen LogP contribution in [0.25, 0.3) is 0 Å². The van der Waals surface area contributed by atoms with Gasteiger partial charge in [-0.05, 0) is 6.42 Å². The minimum atomic E-state index is -1.43. The molecule has 0 amide bonds. The lowest BCUT2D eigenvalue weighted by atomic mass is 9.95. The summed E-state index contributed by atoms with van der Waals surface area (Å²) in [4.78, 5) is 0. The maximum absolute atomic E-state index is 9.80. The van der Waals surface area contributed by atoms with Gasteiger partial charge in [0.05, 0.1) is 6.10 Å². The largest absolute Gasteiger partial charge is 0.388 e. The van der Waals surface area contributed by atoms with Gasteiger partial charge in [-0.1, -0.05) is 64.7 Å². The smallest absolute Gasteiger partial charge is 0.183 e. The van der Waals surface area contributed by atoms with Gasteiger partial charge in [-0.3, -0.25) is 0 Å². The van der Waals surface area contributed by atoms with Gasteiger partial charge in [0, 0.05) is 0 Å². The van der Waals surface area contributed by atoms with Crippen molar-refractivity contribution >= 4 is 0 Å². The van der Waals surface area contributed by atoms with Gasteiger partial charge < -0.3 is 25.2 Å². The number of unbranched alkanes of at least 4 members (excludes halogenated alkanes) is 8. The van der Waals surface area contributed by atoms with Crippen LogP contribution in [0.2, 0.25) is 0 Å². The number of hydrogen-bond donors (Lipinski definition) is 4. The average molecular weight is 304 g/mol. The topological polar surface area (TPSA) is 90.2 Å². The molecule has 1 rings (SSSR count). The van der Waals surface area contributed by atoms with Gasteiger partial charge in [-0.2, -0.15) is 0 Å². The summed E-state index contributed by atoms with van der Waals surface area (Å²) in [5, 5.41) is 38.2. The third kappa shape index (κ3) is 6.61. The first-order chi connectivity index (χ1) is 10.1. The lowest BCUT2D eigenvalue weighted by Gasteiger charge is -2.38. The van der Waals surface area contributed by atoms with Gasteiger partial charge in [-0.15, -0.1) is 0 Å². The van der Waals surface area contributed by atoms with E-state index in [1.807, 2.05) is 0 Å². The fraction of sp³-hybridized carbons (Fsp3) is 1.00. The molecule has 0 bridgehead atoms. The fourth-order valence-electron chi connectivity index (χ4n) is 2.83. The lowest BCUT2D eigenvalue weighted by Crippen LogP contribution is -2.57. The molecular weight excluding hydrogens is 272 g/mol. The molecule has 5 atom stereocenters. The molecule has 1 heterocycles. The Morgan fingerprint density at radius 2 is 1.19 bits per heavy atom. The number of rotatable bonds is 10. The molecule has 5 heteroatoms. The van der Waals surface area contributed by atoms with E-state index in [1.54, 1.807) is 0 Å². The van der Waals surface area contributed by atoms with Gasteiger partial charge in [0.25, 0.3) is 0 Å². The van der Waals surface area contributed by atoms with E-state index in [0.29, 0.717) is 6.42 Å². The van der Waals surface area contributed by atoms with Crippen LogP contribution in [-0.2, 0) is 4.74 Å². The molecule has 0 spiro atoms. The van der Waals surface area contributed by atoms with Crippen LogP contribution in [0.1, 0.15) is 71.1 Å². The van der Waals surface area contributed by atoms with Crippen molar-refractivity contribution in [1.82, 2.24) is 0 Å². The predicted octanol–water partition coefficient (Wildman–Crippen LogP) is 1.71. The van der Waals surface area contributed by atoms with Crippen LogP contribution in [0.4, 0.5) is 0 Å². The highest BCUT2D eigenvalue weighted by Gasteiger charge is 2.42. The molecule has 1 saturated heterocycles. The lowest BCUT2D eigenvalue weighted by molar-refractivity contribution is -0.282. The maximum Gasteiger partial charge on any atom is 0.183 e. The second-order valence-electron chi connectivity index (χ2n) is 6.15. The molecule has 0 aromatic heterocycles. The summed E-state index contributed by atoms with van der Waals surface area (Å²) in [6, 6.07) is 0. The number of aliphatic hydroxyl groups excluding tert-OH is 4. The zero-order chi connectivity index (χ0) is 15.7. The summed E-state index contributed by atoms with van der Waals surface area (Å²) in [5.74, 6) is 0. The third-order valence-corrected chi connectivity index (χ3v) is 4.28. The van der Waals surface area contributed by atoms with Crippen molar-refractivity contribution in [2.75, 3.05) is 0 Å². The second kappa shape index (κ2) is 10.5. The molecule has 4 N–H and O–H groups in total. The number of ether oxygens (including phenoxy) is 1. The van der Waals surface area contributed by atoms with Gasteiger partial charge in [-0.25, -0.2) is 0 Å². The Labute approximate surface area is 127 Å². The van der Waals surface area contributed by atoms with Gasteiger partial charge in [0.2, 0.25) is 0 Å². The molecule has 1 aliphatic rings. The monoisotopic (exact) mass is 304 g/mol. The normalized spacial score (nSPS) is 33.3. The van der Waals surface area contributed by atoms with Crippen molar-refractivity contribution < 1.29 is 25.2 Å². The summed E-state index contributed by atoms with van der Waals surface area (Å²) < 4.78 is 5.15. The Kier molecular flexibility index (Phi) is 9.44. The number of aliphatic hydroxyl groups is 4. The summed E-state index contributed by atoms with van der Waals surface area (Å²) in [5.41, 5.74) is 0. The highest BCUT2D eigenvalue weighted by atomic mass is 16.6. The maximum atomic E-state index is 9.80. The Morgan fingerprint density at radius 3 is 1.76 bits per heavy atom. The van der Waals surface area contributed by atoms with Crippen molar-refractivity contribution in [3.8, 4) is 0 Å². The molecule has 1 fully saturated rings. The quantitative estimate of drug-likeness (QED) is 0.461. The van der Waals surface area contributed by atoms with Gasteiger partial charge in [0.1, 0.15) is 18.3 Å². The predicted molar refractivity (Wildman–Crippen MR) is 80.7 cm³/mol. The molecule has 0 aromatic carbocycles. The minimum Gasteiger partial charge on any atom is -0.388 e. The van der Waals surface area contributed by atoms with E-state index in [-0.39, 0.29) is 0 Å². The Hall–Kier alpha value is -0.200. The van der Waals surface area contributed by atoms with Crippen LogP contribution in [0.15, 0.2) is 0 Å². The fourth-order valence-corrected chi connectivity index (χ4v) is 2.83. The zero-order valence-electron chi connectivity index (χ0n) is 13.2. The molecule has 0 aliphatic carbocycles. The highest BCUT2D eigenvalue weighted by molar-refractivity contribution is 4.88. The van der Waals surface area contributed by atoms with Gasteiger partial charge in [0.15, 0.2) is 6.29 Å². The average Bonchev–Trinajstić information content (AvgIpc) is 2.48. The Bertz CT molecular complexity index is 261. The third-order valence-electron chi connectivity index (χ3n) is 4.28. The van der Waals surface area contributed by atoms with Crippen molar-refractivity contribution in [2.45, 2.75) is 102 Å². The molecule has 1 aliphatic heterocycles. The van der Waals surface area contributed by atoms with E-state index >= 15 is 0 Å². The molecule has 0 radical (unpaired) electrons. The Balaban J connectivity index is 2.04. The van der Waals surface area contributed by atoms with E-state index in [2.05, 4.69) is 6.92 Å². The first-order valence-corrected chi connectivity index (χ1v) is 8.45.